The van der Waals surface area contributed by atoms with Crippen molar-refractivity contribution in [1.29, 1.82) is 0 Å². The van der Waals surface area contributed by atoms with Crippen LogP contribution in [0.1, 0.15) is 31.7 Å². The molecule has 1 aliphatic heterocycles. The number of β-amino-alcohol motifs (C(OH)–C–C–N with tert-alkyl or cyclic N) is 1. The largest absolute Gasteiger partial charge is 0.390 e. The monoisotopic (exact) mass is 262 g/mol. The Hall–Kier alpha value is -1.39. The maximum atomic E-state index is 11.8. The van der Waals surface area contributed by atoms with E-state index in [1.165, 1.54) is 5.56 Å². The highest BCUT2D eigenvalue weighted by atomic mass is 16.3. The van der Waals surface area contributed by atoms with Crippen LogP contribution < -0.4 is 5.32 Å². The highest BCUT2D eigenvalue weighted by Gasteiger charge is 2.25. The number of aliphatic hydroxyl groups excluding tert-OH is 1. The van der Waals surface area contributed by atoms with Crippen LogP contribution >= 0.6 is 0 Å². The zero-order valence-corrected chi connectivity index (χ0v) is 11.6. The average molecular weight is 262 g/mol. The highest BCUT2D eigenvalue weighted by Crippen LogP contribution is 2.20. The van der Waals surface area contributed by atoms with Crippen LogP contribution in [-0.2, 0) is 4.79 Å². The van der Waals surface area contributed by atoms with Gasteiger partial charge < -0.3 is 10.4 Å². The summed E-state index contributed by atoms with van der Waals surface area (Å²) in [6.07, 6.45) is 0.853. The van der Waals surface area contributed by atoms with Crippen molar-refractivity contribution in [3.63, 3.8) is 0 Å². The van der Waals surface area contributed by atoms with Crippen molar-refractivity contribution in [2.75, 3.05) is 25.0 Å². The molecule has 2 N–H and O–H groups in total. The molecule has 1 atom stereocenters. The quantitative estimate of drug-likeness (QED) is 0.851. The topological polar surface area (TPSA) is 52.6 Å². The zero-order chi connectivity index (χ0) is 13.8. The van der Waals surface area contributed by atoms with Crippen LogP contribution in [0.3, 0.4) is 0 Å². The Balaban J connectivity index is 1.83. The smallest absolute Gasteiger partial charge is 0.238 e. The van der Waals surface area contributed by atoms with E-state index in [0.29, 0.717) is 25.6 Å². The first-order valence-corrected chi connectivity index (χ1v) is 6.88. The van der Waals surface area contributed by atoms with E-state index in [-0.39, 0.29) is 12.0 Å². The fraction of sp³-hybridized carbons (Fsp3) is 0.533. The summed E-state index contributed by atoms with van der Waals surface area (Å²) in [6, 6.07) is 8.03. The lowest BCUT2D eigenvalue weighted by molar-refractivity contribution is -0.119. The lowest BCUT2D eigenvalue weighted by atomic mass is 9.99. The minimum atomic E-state index is -0.261. The van der Waals surface area contributed by atoms with E-state index in [9.17, 15) is 4.79 Å². The van der Waals surface area contributed by atoms with Crippen LogP contribution in [0.5, 0.6) is 0 Å². The number of nitrogens with zero attached hydrogens (tertiary/aromatic N) is 1. The lowest BCUT2D eigenvalue weighted by Crippen LogP contribution is -2.53. The number of carbonyl (C=O) groups excluding carboxylic acids is 1. The Morgan fingerprint density at radius 3 is 2.58 bits per heavy atom. The van der Waals surface area contributed by atoms with Gasteiger partial charge in [-0.25, -0.2) is 0 Å². The predicted octanol–water partition coefficient (Wildman–Crippen LogP) is 1.82. The second kappa shape index (κ2) is 6.17. The van der Waals surface area contributed by atoms with Crippen LogP contribution in [-0.4, -0.2) is 41.7 Å². The van der Waals surface area contributed by atoms with Gasteiger partial charge in [0.2, 0.25) is 5.91 Å². The number of likely N-dealkylation sites (tertiary alicyclic amines) is 1. The van der Waals surface area contributed by atoms with Gasteiger partial charge in [0.05, 0.1) is 12.6 Å². The van der Waals surface area contributed by atoms with Crippen molar-refractivity contribution in [3.05, 3.63) is 29.8 Å². The first-order valence-electron chi connectivity index (χ1n) is 6.88. The number of nitrogens with one attached hydrogen (secondary N) is 1. The van der Waals surface area contributed by atoms with E-state index in [0.717, 1.165) is 12.1 Å². The normalized spacial score (nSPS) is 17.8. The molecule has 1 saturated heterocycles. The molecule has 104 valence electrons. The second-order valence-corrected chi connectivity index (χ2v) is 5.33. The van der Waals surface area contributed by atoms with Gasteiger partial charge in [-0.3, -0.25) is 9.69 Å². The van der Waals surface area contributed by atoms with Gasteiger partial charge in [-0.05, 0) is 30.0 Å². The number of rotatable bonds is 5. The third-order valence-electron chi connectivity index (χ3n) is 3.68. The van der Waals surface area contributed by atoms with Crippen molar-refractivity contribution in [1.82, 2.24) is 4.90 Å². The molecule has 1 unspecified atom stereocenters. The number of amides is 1. The van der Waals surface area contributed by atoms with Crippen LogP contribution in [0.25, 0.3) is 0 Å². The van der Waals surface area contributed by atoms with E-state index >= 15 is 0 Å². The molecule has 0 aliphatic carbocycles. The number of carbonyl (C=O) groups is 1. The van der Waals surface area contributed by atoms with E-state index in [4.69, 9.17) is 5.11 Å². The van der Waals surface area contributed by atoms with E-state index < -0.39 is 0 Å². The molecule has 0 bridgehead atoms. The molecule has 1 aromatic carbocycles. The summed E-state index contributed by atoms with van der Waals surface area (Å²) in [5.74, 6) is 0.524. The van der Waals surface area contributed by atoms with Gasteiger partial charge in [0.25, 0.3) is 0 Å². The van der Waals surface area contributed by atoms with Crippen LogP contribution in [0, 0.1) is 0 Å². The number of benzene rings is 1. The SMILES string of the molecule is CCC(C)c1ccc(NC(=O)CN2CC(O)C2)cc1. The van der Waals surface area contributed by atoms with E-state index in [1.807, 2.05) is 17.0 Å². The third kappa shape index (κ3) is 3.78. The van der Waals surface area contributed by atoms with Crippen molar-refractivity contribution in [3.8, 4) is 0 Å². The molecule has 4 nitrogen and oxygen atoms in total. The molecule has 0 spiro atoms. The van der Waals surface area contributed by atoms with Gasteiger partial charge in [-0.1, -0.05) is 26.0 Å². The standard InChI is InChI=1S/C15H22N2O2/c1-3-11(2)12-4-6-13(7-5-12)16-15(19)10-17-8-14(18)9-17/h4-7,11,14,18H,3,8-10H2,1-2H3,(H,16,19). The predicted molar refractivity (Wildman–Crippen MR) is 76.2 cm³/mol. The molecular formula is C15H22N2O2. The molecule has 0 aromatic heterocycles. The fourth-order valence-electron chi connectivity index (χ4n) is 2.21. The summed E-state index contributed by atoms with van der Waals surface area (Å²) in [5.41, 5.74) is 2.13. The van der Waals surface area contributed by atoms with Crippen LogP contribution in [0.4, 0.5) is 5.69 Å². The third-order valence-corrected chi connectivity index (χ3v) is 3.68. The lowest BCUT2D eigenvalue weighted by Gasteiger charge is -2.35. The maximum absolute atomic E-state index is 11.8. The summed E-state index contributed by atoms with van der Waals surface area (Å²) < 4.78 is 0. The molecule has 1 aromatic rings. The van der Waals surface area contributed by atoms with Gasteiger partial charge in [-0.2, -0.15) is 0 Å². The Bertz CT molecular complexity index is 424. The Morgan fingerprint density at radius 1 is 1.42 bits per heavy atom. The minimum Gasteiger partial charge on any atom is -0.390 e. The average Bonchev–Trinajstić information content (AvgIpc) is 2.37. The second-order valence-electron chi connectivity index (χ2n) is 5.33. The summed E-state index contributed by atoms with van der Waals surface area (Å²) in [5, 5.41) is 12.0. The van der Waals surface area contributed by atoms with Gasteiger partial charge >= 0.3 is 0 Å². The fourth-order valence-corrected chi connectivity index (χ4v) is 2.21. The van der Waals surface area contributed by atoms with Crippen molar-refractivity contribution < 1.29 is 9.90 Å². The van der Waals surface area contributed by atoms with Crippen molar-refractivity contribution >= 4 is 11.6 Å². The van der Waals surface area contributed by atoms with Crippen LogP contribution in [0.15, 0.2) is 24.3 Å². The van der Waals surface area contributed by atoms with Gasteiger partial charge in [-0.15, -0.1) is 0 Å². The van der Waals surface area contributed by atoms with E-state index in [2.05, 4.69) is 31.3 Å². The van der Waals surface area contributed by atoms with Gasteiger partial charge in [0.15, 0.2) is 0 Å². The summed E-state index contributed by atoms with van der Waals surface area (Å²) >= 11 is 0. The number of anilines is 1. The van der Waals surface area contributed by atoms with Crippen molar-refractivity contribution in [2.45, 2.75) is 32.3 Å². The minimum absolute atomic E-state index is 0.0248. The van der Waals surface area contributed by atoms with Crippen LogP contribution in [0.2, 0.25) is 0 Å². The Labute approximate surface area is 114 Å². The highest BCUT2D eigenvalue weighted by molar-refractivity contribution is 5.92. The van der Waals surface area contributed by atoms with Gasteiger partial charge in [0.1, 0.15) is 0 Å². The molecule has 0 saturated carbocycles. The Kier molecular flexibility index (Phi) is 4.56. The molecule has 0 radical (unpaired) electrons. The number of hydrogen-bond donors (Lipinski definition) is 2. The Morgan fingerprint density at radius 2 is 2.05 bits per heavy atom. The molecule has 1 aliphatic rings. The first kappa shape index (κ1) is 14.0. The molecule has 19 heavy (non-hydrogen) atoms. The van der Waals surface area contributed by atoms with Gasteiger partial charge in [0, 0.05) is 18.8 Å². The number of aliphatic hydroxyl groups is 1. The molecule has 4 heteroatoms. The molecule has 1 amide bonds. The molecule has 2 rings (SSSR count). The summed E-state index contributed by atoms with van der Waals surface area (Å²) in [7, 11) is 0. The van der Waals surface area contributed by atoms with Crippen molar-refractivity contribution in [2.24, 2.45) is 0 Å². The summed E-state index contributed by atoms with van der Waals surface area (Å²) in [4.78, 5) is 13.7. The van der Waals surface area contributed by atoms with E-state index in [1.54, 1.807) is 0 Å². The summed E-state index contributed by atoms with van der Waals surface area (Å²) in [6.45, 7) is 5.91. The molecular weight excluding hydrogens is 240 g/mol. The zero-order valence-electron chi connectivity index (χ0n) is 11.6. The molecule has 1 fully saturated rings. The maximum Gasteiger partial charge on any atom is 0.238 e. The number of hydrogen-bond acceptors (Lipinski definition) is 3. The first-order chi connectivity index (χ1) is 9.08. The molecule has 1 heterocycles.